The number of hydrogen-bond acceptors (Lipinski definition) is 5. The lowest BCUT2D eigenvalue weighted by Gasteiger charge is -2.36. The molecule has 0 radical (unpaired) electrons. The summed E-state index contributed by atoms with van der Waals surface area (Å²) in [5, 5.41) is 9.05. The van der Waals surface area contributed by atoms with Crippen LogP contribution in [0, 0.1) is 0 Å². The maximum Gasteiger partial charge on any atom is 0.320 e. The normalized spacial score (nSPS) is 16.7. The number of carboxylic acid groups (broad SMARTS) is 1. The van der Waals surface area contributed by atoms with Crippen molar-refractivity contribution in [2.75, 3.05) is 40.4 Å². The highest BCUT2D eigenvalue weighted by Gasteiger charge is 2.27. The maximum atomic E-state index is 12.6. The number of benzene rings is 1. The summed E-state index contributed by atoms with van der Waals surface area (Å²) in [4.78, 5) is 27.2. The van der Waals surface area contributed by atoms with Crippen LogP contribution < -0.4 is 9.47 Å². The Labute approximate surface area is 135 Å². The average molecular weight is 322 g/mol. The smallest absolute Gasteiger partial charge is 0.320 e. The van der Waals surface area contributed by atoms with E-state index in [1.807, 2.05) is 4.90 Å². The summed E-state index contributed by atoms with van der Waals surface area (Å²) < 4.78 is 10.4. The summed E-state index contributed by atoms with van der Waals surface area (Å²) in [6, 6.07) is 4.53. The molecule has 0 saturated carbocycles. The topological polar surface area (TPSA) is 79.3 Å². The van der Waals surface area contributed by atoms with Crippen molar-refractivity contribution >= 4 is 11.9 Å². The molecule has 1 heterocycles. The number of carbonyl (C=O) groups excluding carboxylic acids is 1. The number of nitrogens with zero attached hydrogens (tertiary/aromatic N) is 2. The van der Waals surface area contributed by atoms with Crippen molar-refractivity contribution in [1.82, 2.24) is 9.80 Å². The fourth-order valence-corrected chi connectivity index (χ4v) is 2.58. The van der Waals surface area contributed by atoms with Crippen molar-refractivity contribution in [3.05, 3.63) is 23.8 Å². The minimum absolute atomic E-state index is 0.107. The minimum Gasteiger partial charge on any atom is -0.497 e. The van der Waals surface area contributed by atoms with Crippen molar-refractivity contribution in [2.45, 2.75) is 13.0 Å². The van der Waals surface area contributed by atoms with E-state index in [1.54, 1.807) is 30.0 Å². The average Bonchev–Trinajstić information content (AvgIpc) is 2.59. The fourth-order valence-electron chi connectivity index (χ4n) is 2.58. The first-order valence-corrected chi connectivity index (χ1v) is 7.45. The molecule has 7 heteroatoms. The Morgan fingerprint density at radius 2 is 1.57 bits per heavy atom. The van der Waals surface area contributed by atoms with Crippen LogP contribution >= 0.6 is 0 Å². The highest BCUT2D eigenvalue weighted by Crippen LogP contribution is 2.24. The Morgan fingerprint density at radius 1 is 1.04 bits per heavy atom. The van der Waals surface area contributed by atoms with E-state index in [0.717, 1.165) is 0 Å². The predicted molar refractivity (Wildman–Crippen MR) is 84.1 cm³/mol. The fraction of sp³-hybridized carbons (Fsp3) is 0.500. The van der Waals surface area contributed by atoms with E-state index in [0.29, 0.717) is 43.2 Å². The summed E-state index contributed by atoms with van der Waals surface area (Å²) in [5.41, 5.74) is 0.501. The molecule has 7 nitrogen and oxygen atoms in total. The van der Waals surface area contributed by atoms with Crippen LogP contribution in [0.2, 0.25) is 0 Å². The van der Waals surface area contributed by atoms with Gasteiger partial charge >= 0.3 is 5.97 Å². The molecule has 1 aliphatic heterocycles. The molecule has 1 amide bonds. The van der Waals surface area contributed by atoms with Gasteiger partial charge in [-0.05, 0) is 19.1 Å². The lowest BCUT2D eigenvalue weighted by Crippen LogP contribution is -2.53. The van der Waals surface area contributed by atoms with Gasteiger partial charge in [0.05, 0.1) is 14.2 Å². The predicted octanol–water partition coefficient (Wildman–Crippen LogP) is 0.935. The van der Waals surface area contributed by atoms with Crippen LogP contribution in [0.25, 0.3) is 0 Å². The van der Waals surface area contributed by atoms with Gasteiger partial charge in [0.25, 0.3) is 5.91 Å². The molecule has 0 spiro atoms. The molecule has 23 heavy (non-hydrogen) atoms. The minimum atomic E-state index is -0.845. The Hall–Kier alpha value is -2.28. The highest BCUT2D eigenvalue weighted by atomic mass is 16.5. The molecule has 1 aromatic rings. The first kappa shape index (κ1) is 17.1. The molecular weight excluding hydrogens is 300 g/mol. The number of ether oxygens (including phenoxy) is 2. The van der Waals surface area contributed by atoms with E-state index in [2.05, 4.69) is 0 Å². The van der Waals surface area contributed by atoms with E-state index in [-0.39, 0.29) is 5.91 Å². The third kappa shape index (κ3) is 3.92. The van der Waals surface area contributed by atoms with Gasteiger partial charge in [0, 0.05) is 37.8 Å². The molecule has 1 atom stereocenters. The van der Waals surface area contributed by atoms with Gasteiger partial charge in [-0.2, -0.15) is 0 Å². The number of methoxy groups -OCH3 is 2. The van der Waals surface area contributed by atoms with E-state index in [4.69, 9.17) is 14.6 Å². The van der Waals surface area contributed by atoms with Gasteiger partial charge in [-0.15, -0.1) is 0 Å². The van der Waals surface area contributed by atoms with Crippen molar-refractivity contribution in [2.24, 2.45) is 0 Å². The van der Waals surface area contributed by atoms with Crippen molar-refractivity contribution in [3.8, 4) is 11.5 Å². The molecule has 0 aliphatic carbocycles. The van der Waals surface area contributed by atoms with Crippen molar-refractivity contribution in [1.29, 1.82) is 0 Å². The van der Waals surface area contributed by atoms with Crippen molar-refractivity contribution < 1.29 is 24.2 Å². The molecule has 1 fully saturated rings. The van der Waals surface area contributed by atoms with Crippen molar-refractivity contribution in [3.63, 3.8) is 0 Å². The number of piperazine rings is 1. The second-order valence-corrected chi connectivity index (χ2v) is 5.44. The zero-order chi connectivity index (χ0) is 17.0. The monoisotopic (exact) mass is 322 g/mol. The Balaban J connectivity index is 2.06. The van der Waals surface area contributed by atoms with Crippen LogP contribution in [0.15, 0.2) is 18.2 Å². The standard InChI is InChI=1S/C16H22N2O5/c1-11(16(20)21)17-4-6-18(7-5-17)15(19)12-8-13(22-2)10-14(9-12)23-3/h8-11H,4-7H2,1-3H3,(H,20,21). The molecule has 1 N–H and O–H groups in total. The third-order valence-corrected chi connectivity index (χ3v) is 4.10. The van der Waals surface area contributed by atoms with E-state index < -0.39 is 12.0 Å². The number of amides is 1. The van der Waals surface area contributed by atoms with E-state index >= 15 is 0 Å². The molecule has 0 aromatic heterocycles. The number of aliphatic carboxylic acids is 1. The lowest BCUT2D eigenvalue weighted by atomic mass is 10.1. The van der Waals surface area contributed by atoms with Crippen LogP contribution in [-0.4, -0.2) is 73.2 Å². The zero-order valence-electron chi connectivity index (χ0n) is 13.6. The second kappa shape index (κ2) is 7.32. The maximum absolute atomic E-state index is 12.6. The van der Waals surface area contributed by atoms with E-state index in [9.17, 15) is 9.59 Å². The largest absolute Gasteiger partial charge is 0.497 e. The summed E-state index contributed by atoms with van der Waals surface area (Å²) in [6.07, 6.45) is 0. The second-order valence-electron chi connectivity index (χ2n) is 5.44. The van der Waals surface area contributed by atoms with Crippen LogP contribution in [0.4, 0.5) is 0 Å². The van der Waals surface area contributed by atoms with E-state index in [1.165, 1.54) is 14.2 Å². The lowest BCUT2D eigenvalue weighted by molar-refractivity contribution is -0.143. The zero-order valence-corrected chi connectivity index (χ0v) is 13.6. The third-order valence-electron chi connectivity index (χ3n) is 4.10. The summed E-state index contributed by atoms with van der Waals surface area (Å²) >= 11 is 0. The van der Waals surface area contributed by atoms with Gasteiger partial charge in [-0.25, -0.2) is 0 Å². The van der Waals surface area contributed by atoms with Gasteiger partial charge < -0.3 is 19.5 Å². The van der Waals surface area contributed by atoms with Crippen LogP contribution in [0.1, 0.15) is 17.3 Å². The summed E-state index contributed by atoms with van der Waals surface area (Å²) in [6.45, 7) is 3.74. The Bertz CT molecular complexity index is 560. The molecule has 1 aliphatic rings. The summed E-state index contributed by atoms with van der Waals surface area (Å²) in [7, 11) is 3.07. The van der Waals surface area contributed by atoms with Gasteiger partial charge in [0.2, 0.25) is 0 Å². The Kier molecular flexibility index (Phi) is 5.44. The molecule has 1 aromatic carbocycles. The molecule has 1 saturated heterocycles. The van der Waals surface area contributed by atoms with Gasteiger partial charge in [-0.3, -0.25) is 14.5 Å². The van der Waals surface area contributed by atoms with Gasteiger partial charge in [0.1, 0.15) is 17.5 Å². The highest BCUT2D eigenvalue weighted by molar-refractivity contribution is 5.95. The first-order valence-electron chi connectivity index (χ1n) is 7.45. The van der Waals surface area contributed by atoms with Crippen LogP contribution in [0.5, 0.6) is 11.5 Å². The molecule has 2 rings (SSSR count). The number of carboxylic acids is 1. The molecule has 0 bridgehead atoms. The molecular formula is C16H22N2O5. The summed E-state index contributed by atoms with van der Waals surface area (Å²) in [5.74, 6) is 0.170. The molecule has 126 valence electrons. The SMILES string of the molecule is COc1cc(OC)cc(C(=O)N2CCN(C(C)C(=O)O)CC2)c1. The quantitative estimate of drug-likeness (QED) is 0.869. The number of carbonyl (C=O) groups is 2. The molecule has 1 unspecified atom stereocenters. The van der Waals surface area contributed by atoms with Gasteiger partial charge in [-0.1, -0.05) is 0 Å². The first-order chi connectivity index (χ1) is 11.0. The van der Waals surface area contributed by atoms with Crippen LogP contribution in [0.3, 0.4) is 0 Å². The van der Waals surface area contributed by atoms with Crippen LogP contribution in [-0.2, 0) is 4.79 Å². The Morgan fingerprint density at radius 3 is 2.00 bits per heavy atom. The number of hydrogen-bond donors (Lipinski definition) is 1. The van der Waals surface area contributed by atoms with Gasteiger partial charge in [0.15, 0.2) is 0 Å². The number of rotatable bonds is 5.